The molecule has 164 valence electrons. The van der Waals surface area contributed by atoms with E-state index < -0.39 is 0 Å². The number of hydrogen-bond donors (Lipinski definition) is 1. The lowest BCUT2D eigenvalue weighted by molar-refractivity contribution is -0.136. The van der Waals surface area contributed by atoms with Crippen molar-refractivity contribution in [2.45, 2.75) is 46.6 Å². The average molecular weight is 423 g/mol. The predicted octanol–water partition coefficient (Wildman–Crippen LogP) is 4.86. The number of hydrogen-bond acceptors (Lipinski definition) is 5. The summed E-state index contributed by atoms with van der Waals surface area (Å²) in [4.78, 5) is 27.4. The fraction of sp³-hybridized carbons (Fsp3) is 0.360. The Hall–Kier alpha value is -3.28. The first-order valence-electron chi connectivity index (χ1n) is 10.8. The molecule has 0 spiro atoms. The van der Waals surface area contributed by atoms with Gasteiger partial charge in [0.1, 0.15) is 17.2 Å². The number of carbonyl (C=O) groups is 2. The third-order valence-corrected chi connectivity index (χ3v) is 4.73. The van der Waals surface area contributed by atoms with Gasteiger partial charge in [0, 0.05) is 12.2 Å². The smallest absolute Gasteiger partial charge is 0.278 e. The zero-order valence-corrected chi connectivity index (χ0v) is 18.6. The summed E-state index contributed by atoms with van der Waals surface area (Å²) in [5.74, 6) is 0.898. The number of carbonyl (C=O) groups excluding carboxylic acids is 2. The molecule has 0 saturated carbocycles. The summed E-state index contributed by atoms with van der Waals surface area (Å²) >= 11 is 0. The molecule has 31 heavy (non-hydrogen) atoms. The maximum atomic E-state index is 13.1. The molecular formula is C25H30N2O4. The summed E-state index contributed by atoms with van der Waals surface area (Å²) in [6, 6.07) is 14.7. The van der Waals surface area contributed by atoms with E-state index in [0.717, 1.165) is 17.9 Å². The molecule has 0 saturated heterocycles. The molecule has 2 amide bonds. The van der Waals surface area contributed by atoms with E-state index in [-0.39, 0.29) is 17.9 Å². The highest BCUT2D eigenvalue weighted by molar-refractivity contribution is 6.36. The van der Waals surface area contributed by atoms with E-state index in [2.05, 4.69) is 5.32 Å². The number of imide groups is 1. The standard InChI is InChI=1S/C25H30N2O4/c1-5-15-27-24(28)22(18-7-11-20(12-8-18)30-16-6-2)23(25(27)29)26-19-9-13-21(14-10-19)31-17(3)4/h7-14,17,26H,5-6,15-16H2,1-4H3. The third-order valence-electron chi connectivity index (χ3n) is 4.73. The molecule has 0 fully saturated rings. The summed E-state index contributed by atoms with van der Waals surface area (Å²) in [5, 5.41) is 3.17. The van der Waals surface area contributed by atoms with Crippen molar-refractivity contribution in [2.24, 2.45) is 0 Å². The second-order valence-corrected chi connectivity index (χ2v) is 7.70. The van der Waals surface area contributed by atoms with Crippen LogP contribution in [-0.2, 0) is 9.59 Å². The number of ether oxygens (including phenoxy) is 2. The molecule has 0 bridgehead atoms. The Morgan fingerprint density at radius 3 is 2.10 bits per heavy atom. The van der Waals surface area contributed by atoms with Crippen LogP contribution in [-0.4, -0.2) is 36.0 Å². The lowest BCUT2D eigenvalue weighted by Gasteiger charge is -2.14. The molecule has 0 radical (unpaired) electrons. The average Bonchev–Trinajstić information content (AvgIpc) is 2.98. The maximum absolute atomic E-state index is 13.1. The second kappa shape index (κ2) is 10.2. The molecule has 0 atom stereocenters. The lowest BCUT2D eigenvalue weighted by Crippen LogP contribution is -2.33. The van der Waals surface area contributed by atoms with E-state index in [4.69, 9.17) is 9.47 Å². The van der Waals surface area contributed by atoms with Crippen LogP contribution in [0.3, 0.4) is 0 Å². The first-order valence-corrected chi connectivity index (χ1v) is 10.8. The summed E-state index contributed by atoms with van der Waals surface area (Å²) < 4.78 is 11.3. The van der Waals surface area contributed by atoms with E-state index in [1.807, 2.05) is 76.2 Å². The van der Waals surface area contributed by atoms with E-state index in [1.54, 1.807) is 0 Å². The number of nitrogens with zero attached hydrogens (tertiary/aromatic N) is 1. The molecule has 2 aromatic rings. The molecule has 2 aromatic carbocycles. The van der Waals surface area contributed by atoms with E-state index in [1.165, 1.54) is 4.90 Å². The minimum absolute atomic E-state index is 0.0778. The Kier molecular flexibility index (Phi) is 7.34. The number of anilines is 1. The minimum Gasteiger partial charge on any atom is -0.494 e. The zero-order chi connectivity index (χ0) is 22.4. The van der Waals surface area contributed by atoms with Gasteiger partial charge in [-0.2, -0.15) is 0 Å². The van der Waals surface area contributed by atoms with E-state index in [9.17, 15) is 9.59 Å². The molecule has 1 N–H and O–H groups in total. The fourth-order valence-corrected chi connectivity index (χ4v) is 3.36. The van der Waals surface area contributed by atoms with Gasteiger partial charge < -0.3 is 14.8 Å². The van der Waals surface area contributed by atoms with Gasteiger partial charge in [0.2, 0.25) is 0 Å². The van der Waals surface area contributed by atoms with Gasteiger partial charge in [0.15, 0.2) is 0 Å². The van der Waals surface area contributed by atoms with Crippen molar-refractivity contribution in [3.05, 3.63) is 59.8 Å². The quantitative estimate of drug-likeness (QED) is 0.554. The monoisotopic (exact) mass is 422 g/mol. The van der Waals surface area contributed by atoms with Gasteiger partial charge in [-0.1, -0.05) is 26.0 Å². The Labute approximate surface area is 183 Å². The van der Waals surface area contributed by atoms with Crippen molar-refractivity contribution < 1.29 is 19.1 Å². The zero-order valence-electron chi connectivity index (χ0n) is 18.6. The van der Waals surface area contributed by atoms with Crippen LogP contribution in [0.2, 0.25) is 0 Å². The second-order valence-electron chi connectivity index (χ2n) is 7.70. The highest BCUT2D eigenvalue weighted by Gasteiger charge is 2.38. The molecule has 0 aromatic heterocycles. The van der Waals surface area contributed by atoms with Crippen molar-refractivity contribution in [3.8, 4) is 11.5 Å². The normalized spacial score (nSPS) is 13.9. The lowest BCUT2D eigenvalue weighted by atomic mass is 10.0. The Morgan fingerprint density at radius 2 is 1.52 bits per heavy atom. The molecule has 0 aliphatic carbocycles. The Bertz CT molecular complexity index is 946. The van der Waals surface area contributed by atoms with Gasteiger partial charge in [-0.3, -0.25) is 14.5 Å². The minimum atomic E-state index is -0.310. The number of benzene rings is 2. The fourth-order valence-electron chi connectivity index (χ4n) is 3.36. The van der Waals surface area contributed by atoms with Crippen molar-refractivity contribution >= 4 is 23.1 Å². The van der Waals surface area contributed by atoms with Crippen LogP contribution in [0.5, 0.6) is 11.5 Å². The largest absolute Gasteiger partial charge is 0.494 e. The summed E-state index contributed by atoms with van der Waals surface area (Å²) in [6.07, 6.45) is 1.69. The topological polar surface area (TPSA) is 67.9 Å². The summed E-state index contributed by atoms with van der Waals surface area (Å²) in [5.41, 5.74) is 2.07. The van der Waals surface area contributed by atoms with Gasteiger partial charge in [0.25, 0.3) is 11.8 Å². The van der Waals surface area contributed by atoms with Gasteiger partial charge >= 0.3 is 0 Å². The molecule has 6 heteroatoms. The molecule has 6 nitrogen and oxygen atoms in total. The number of nitrogens with one attached hydrogen (secondary N) is 1. The number of amides is 2. The highest BCUT2D eigenvalue weighted by Crippen LogP contribution is 2.32. The van der Waals surface area contributed by atoms with Gasteiger partial charge in [0.05, 0.1) is 18.3 Å². The van der Waals surface area contributed by atoms with Gasteiger partial charge in [-0.25, -0.2) is 0 Å². The van der Waals surface area contributed by atoms with Crippen LogP contribution in [0.1, 0.15) is 46.1 Å². The van der Waals surface area contributed by atoms with E-state index >= 15 is 0 Å². The summed E-state index contributed by atoms with van der Waals surface area (Å²) in [7, 11) is 0. The number of rotatable bonds is 10. The SMILES string of the molecule is CCCOc1ccc(C2=C(Nc3ccc(OC(C)C)cc3)C(=O)N(CCC)C2=O)cc1. The molecule has 0 unspecified atom stereocenters. The van der Waals surface area contributed by atoms with Crippen LogP contribution in [0, 0.1) is 0 Å². The van der Waals surface area contributed by atoms with Gasteiger partial charge in [-0.15, -0.1) is 0 Å². The van der Waals surface area contributed by atoms with Crippen molar-refractivity contribution in [1.29, 1.82) is 0 Å². The first kappa shape index (κ1) is 22.4. The Balaban J connectivity index is 1.92. The molecule has 3 rings (SSSR count). The third kappa shape index (κ3) is 5.26. The molecule has 1 heterocycles. The predicted molar refractivity (Wildman–Crippen MR) is 122 cm³/mol. The van der Waals surface area contributed by atoms with Crippen molar-refractivity contribution in [3.63, 3.8) is 0 Å². The van der Waals surface area contributed by atoms with Crippen molar-refractivity contribution in [1.82, 2.24) is 4.90 Å². The maximum Gasteiger partial charge on any atom is 0.278 e. The molecular weight excluding hydrogens is 392 g/mol. The Morgan fingerprint density at radius 1 is 0.871 bits per heavy atom. The van der Waals surface area contributed by atoms with E-state index in [0.29, 0.717) is 42.1 Å². The van der Waals surface area contributed by atoms with Crippen LogP contribution in [0.25, 0.3) is 5.57 Å². The van der Waals surface area contributed by atoms with Crippen LogP contribution < -0.4 is 14.8 Å². The molecule has 1 aliphatic heterocycles. The van der Waals surface area contributed by atoms with Crippen molar-refractivity contribution in [2.75, 3.05) is 18.5 Å². The van der Waals surface area contributed by atoms with Crippen LogP contribution >= 0.6 is 0 Å². The first-order chi connectivity index (χ1) is 14.9. The van der Waals surface area contributed by atoms with Crippen LogP contribution in [0.4, 0.5) is 5.69 Å². The van der Waals surface area contributed by atoms with Crippen LogP contribution in [0.15, 0.2) is 54.2 Å². The summed E-state index contributed by atoms with van der Waals surface area (Å²) in [6.45, 7) is 8.93. The molecule has 1 aliphatic rings. The highest BCUT2D eigenvalue weighted by atomic mass is 16.5. The van der Waals surface area contributed by atoms with Gasteiger partial charge in [-0.05, 0) is 68.7 Å².